The molecule has 0 bridgehead atoms. The van der Waals surface area contributed by atoms with Gasteiger partial charge in [0.2, 0.25) is 0 Å². The molecule has 2 aliphatic rings. The number of ether oxygens (including phenoxy) is 3. The molecule has 236 valence electrons. The van der Waals surface area contributed by atoms with Crippen molar-refractivity contribution in [2.45, 2.75) is 78.0 Å². The number of halogens is 3. The second-order valence-corrected chi connectivity index (χ2v) is 12.8. The zero-order valence-corrected chi connectivity index (χ0v) is 26.7. The standard InChI is InChI=1S/C35H41ClF2N2O4/c1-6-42-33(41)34(4,5)44-32-17-16-31(21(2)22(32)3)43-20-26(23-10-8-7-9-11-23)35(24-12-14-25(36)15-13-24)39-29-18-27(37)28(38)19-30(29)40-35/h12-19,23,26,39-40H,6-11,20H2,1-5H3. The van der Waals surface area contributed by atoms with Crippen molar-refractivity contribution in [1.82, 2.24) is 0 Å². The lowest BCUT2D eigenvalue weighted by Crippen LogP contribution is -2.51. The fourth-order valence-electron chi connectivity index (χ4n) is 6.46. The van der Waals surface area contributed by atoms with Crippen LogP contribution >= 0.6 is 11.6 Å². The van der Waals surface area contributed by atoms with Gasteiger partial charge >= 0.3 is 5.97 Å². The van der Waals surface area contributed by atoms with Crippen molar-refractivity contribution in [3.05, 3.63) is 81.9 Å². The third kappa shape index (κ3) is 6.32. The summed E-state index contributed by atoms with van der Waals surface area (Å²) in [7, 11) is 0. The lowest BCUT2D eigenvalue weighted by atomic mass is 9.72. The van der Waals surface area contributed by atoms with E-state index >= 15 is 0 Å². The van der Waals surface area contributed by atoms with Gasteiger partial charge in [0.05, 0.1) is 24.6 Å². The van der Waals surface area contributed by atoms with Gasteiger partial charge < -0.3 is 24.8 Å². The topological polar surface area (TPSA) is 68.8 Å². The van der Waals surface area contributed by atoms with Gasteiger partial charge in [0, 0.05) is 23.1 Å². The van der Waals surface area contributed by atoms with Gasteiger partial charge in [-0.25, -0.2) is 13.6 Å². The first kappa shape index (κ1) is 31.9. The zero-order valence-electron chi connectivity index (χ0n) is 26.0. The Kier molecular flexibility index (Phi) is 9.30. The van der Waals surface area contributed by atoms with E-state index in [4.69, 9.17) is 25.8 Å². The van der Waals surface area contributed by atoms with Crippen molar-refractivity contribution in [1.29, 1.82) is 0 Å². The first-order chi connectivity index (χ1) is 20.9. The third-order valence-electron chi connectivity index (χ3n) is 9.04. The maximum absolute atomic E-state index is 14.4. The van der Waals surface area contributed by atoms with E-state index in [0.717, 1.165) is 42.4 Å². The molecule has 3 aromatic carbocycles. The molecular weight excluding hydrogens is 586 g/mol. The quantitative estimate of drug-likeness (QED) is 0.219. The van der Waals surface area contributed by atoms with Crippen LogP contribution in [0.2, 0.25) is 5.02 Å². The number of carbonyl (C=O) groups is 1. The summed E-state index contributed by atoms with van der Waals surface area (Å²) in [6, 6.07) is 13.6. The SMILES string of the molecule is CCOC(=O)C(C)(C)Oc1ccc(OCC(C2CCCCC2)C2(c3ccc(Cl)cc3)Nc3cc(F)c(F)cc3N2)c(C)c1C. The number of anilines is 2. The highest BCUT2D eigenvalue weighted by atomic mass is 35.5. The van der Waals surface area contributed by atoms with E-state index in [1.165, 1.54) is 18.6 Å². The number of nitrogens with one attached hydrogen (secondary N) is 2. The van der Waals surface area contributed by atoms with Crippen LogP contribution in [0.25, 0.3) is 0 Å². The lowest BCUT2D eigenvalue weighted by Gasteiger charge is -2.44. The van der Waals surface area contributed by atoms with Crippen LogP contribution in [0.5, 0.6) is 11.5 Å². The molecule has 0 saturated heterocycles. The largest absolute Gasteiger partial charge is 0.493 e. The number of rotatable bonds is 10. The molecule has 9 heteroatoms. The molecule has 1 atom stereocenters. The minimum atomic E-state index is -1.15. The van der Waals surface area contributed by atoms with Crippen molar-refractivity contribution in [2.24, 2.45) is 11.8 Å². The molecule has 44 heavy (non-hydrogen) atoms. The highest BCUT2D eigenvalue weighted by molar-refractivity contribution is 6.30. The summed E-state index contributed by atoms with van der Waals surface area (Å²) >= 11 is 6.28. The Morgan fingerprint density at radius 2 is 1.52 bits per heavy atom. The van der Waals surface area contributed by atoms with Crippen LogP contribution in [0.4, 0.5) is 20.2 Å². The number of hydrogen-bond donors (Lipinski definition) is 2. The normalized spacial score (nSPS) is 16.8. The van der Waals surface area contributed by atoms with Crippen molar-refractivity contribution in [3.63, 3.8) is 0 Å². The summed E-state index contributed by atoms with van der Waals surface area (Å²) in [5, 5.41) is 7.72. The van der Waals surface area contributed by atoms with Gasteiger partial charge in [0.25, 0.3) is 0 Å². The monoisotopic (exact) mass is 626 g/mol. The van der Waals surface area contributed by atoms with Crippen LogP contribution in [0.3, 0.4) is 0 Å². The molecule has 0 spiro atoms. The fourth-order valence-corrected chi connectivity index (χ4v) is 6.58. The smallest absolute Gasteiger partial charge is 0.349 e. The zero-order chi connectivity index (χ0) is 31.6. The molecule has 0 radical (unpaired) electrons. The van der Waals surface area contributed by atoms with E-state index in [0.29, 0.717) is 34.5 Å². The summed E-state index contributed by atoms with van der Waals surface area (Å²) in [6.07, 6.45) is 5.42. The molecule has 1 aliphatic carbocycles. The molecule has 0 aromatic heterocycles. The summed E-state index contributed by atoms with van der Waals surface area (Å²) in [6.45, 7) is 9.65. The first-order valence-electron chi connectivity index (χ1n) is 15.4. The molecule has 1 unspecified atom stereocenters. The summed E-state index contributed by atoms with van der Waals surface area (Å²) in [4.78, 5) is 12.4. The van der Waals surface area contributed by atoms with Gasteiger partial charge in [-0.1, -0.05) is 43.0 Å². The van der Waals surface area contributed by atoms with Crippen LogP contribution in [-0.4, -0.2) is 24.8 Å². The van der Waals surface area contributed by atoms with Crippen molar-refractivity contribution >= 4 is 28.9 Å². The Labute approximate surface area is 263 Å². The van der Waals surface area contributed by atoms with Gasteiger partial charge in [0.1, 0.15) is 17.2 Å². The molecule has 5 rings (SSSR count). The Morgan fingerprint density at radius 3 is 2.11 bits per heavy atom. The fraction of sp³-hybridized carbons (Fsp3) is 0.457. The number of hydrogen-bond acceptors (Lipinski definition) is 6. The molecule has 1 saturated carbocycles. The molecule has 3 aromatic rings. The molecule has 1 fully saturated rings. The lowest BCUT2D eigenvalue weighted by molar-refractivity contribution is -0.158. The van der Waals surface area contributed by atoms with Crippen molar-refractivity contribution in [3.8, 4) is 11.5 Å². The molecule has 1 aliphatic heterocycles. The Bertz CT molecular complexity index is 1470. The number of esters is 1. The van der Waals surface area contributed by atoms with Crippen LogP contribution in [-0.2, 0) is 15.2 Å². The van der Waals surface area contributed by atoms with E-state index in [2.05, 4.69) is 10.6 Å². The average Bonchev–Trinajstić information content (AvgIpc) is 3.36. The molecule has 1 heterocycles. The molecular formula is C35H41ClF2N2O4. The Hall–Kier alpha value is -3.52. The van der Waals surface area contributed by atoms with Crippen LogP contribution in [0.1, 0.15) is 69.6 Å². The predicted molar refractivity (Wildman–Crippen MR) is 170 cm³/mol. The van der Waals surface area contributed by atoms with Gasteiger partial charge in [-0.3, -0.25) is 0 Å². The summed E-state index contributed by atoms with van der Waals surface area (Å²) < 4.78 is 46.7. The second-order valence-electron chi connectivity index (χ2n) is 12.3. The van der Waals surface area contributed by atoms with Gasteiger partial charge in [-0.15, -0.1) is 0 Å². The van der Waals surface area contributed by atoms with Crippen LogP contribution < -0.4 is 20.1 Å². The van der Waals surface area contributed by atoms with Crippen molar-refractivity contribution < 1.29 is 27.8 Å². The van der Waals surface area contributed by atoms with E-state index in [-0.39, 0.29) is 18.4 Å². The maximum Gasteiger partial charge on any atom is 0.349 e. The summed E-state index contributed by atoms with van der Waals surface area (Å²) in [5.41, 5.74) is 1.60. The van der Waals surface area contributed by atoms with E-state index < -0.39 is 28.9 Å². The van der Waals surface area contributed by atoms with E-state index in [9.17, 15) is 13.6 Å². The van der Waals surface area contributed by atoms with E-state index in [1.807, 2.05) is 50.2 Å². The Balaban J connectivity index is 1.49. The minimum Gasteiger partial charge on any atom is -0.493 e. The highest BCUT2D eigenvalue weighted by Gasteiger charge is 2.49. The maximum atomic E-state index is 14.4. The number of fused-ring (bicyclic) bond motifs is 1. The van der Waals surface area contributed by atoms with Crippen LogP contribution in [0.15, 0.2) is 48.5 Å². The first-order valence-corrected chi connectivity index (χ1v) is 15.7. The van der Waals surface area contributed by atoms with Gasteiger partial charge in [-0.2, -0.15) is 0 Å². The van der Waals surface area contributed by atoms with E-state index in [1.54, 1.807) is 20.8 Å². The van der Waals surface area contributed by atoms with Crippen LogP contribution in [0, 0.1) is 37.3 Å². The Morgan fingerprint density at radius 1 is 0.955 bits per heavy atom. The predicted octanol–water partition coefficient (Wildman–Crippen LogP) is 8.92. The van der Waals surface area contributed by atoms with Gasteiger partial charge in [-0.05, 0) is 94.3 Å². The van der Waals surface area contributed by atoms with Crippen molar-refractivity contribution in [2.75, 3.05) is 23.8 Å². The minimum absolute atomic E-state index is 0.124. The number of benzene rings is 3. The molecule has 2 N–H and O–H groups in total. The second kappa shape index (κ2) is 12.8. The highest BCUT2D eigenvalue weighted by Crippen LogP contribution is 2.49. The summed E-state index contributed by atoms with van der Waals surface area (Å²) in [5.74, 6) is -0.822. The number of carbonyl (C=O) groups excluding carboxylic acids is 1. The van der Waals surface area contributed by atoms with Gasteiger partial charge in [0.15, 0.2) is 17.2 Å². The molecule has 0 amide bonds. The molecule has 6 nitrogen and oxygen atoms in total. The average molecular weight is 627 g/mol. The third-order valence-corrected chi connectivity index (χ3v) is 9.29.